The lowest BCUT2D eigenvalue weighted by atomic mass is 10.2. The average Bonchev–Trinajstić information content (AvgIpc) is 3.30. The summed E-state index contributed by atoms with van der Waals surface area (Å²) in [6, 6.07) is 13.7. The molecular weight excluding hydrogens is 494 g/mol. The Kier molecular flexibility index (Phi) is 8.80. The van der Waals surface area contributed by atoms with Gasteiger partial charge in [0, 0.05) is 56.7 Å². The predicted molar refractivity (Wildman–Crippen MR) is 157 cm³/mol. The summed E-state index contributed by atoms with van der Waals surface area (Å²) in [5.41, 5.74) is 4.12. The van der Waals surface area contributed by atoms with Crippen molar-refractivity contribution in [1.82, 2.24) is 19.4 Å². The maximum Gasteiger partial charge on any atom is 0.247 e. The van der Waals surface area contributed by atoms with Crippen molar-refractivity contribution in [3.63, 3.8) is 0 Å². The van der Waals surface area contributed by atoms with Crippen molar-refractivity contribution in [3.05, 3.63) is 73.1 Å². The fourth-order valence-electron chi connectivity index (χ4n) is 4.28. The van der Waals surface area contributed by atoms with E-state index in [-0.39, 0.29) is 5.91 Å². The lowest BCUT2D eigenvalue weighted by Crippen LogP contribution is -2.29. The van der Waals surface area contributed by atoms with Crippen LogP contribution in [-0.2, 0) is 16.1 Å². The molecule has 2 aromatic heterocycles. The lowest BCUT2D eigenvalue weighted by molar-refractivity contribution is -0.111. The molecule has 10 heteroatoms. The van der Waals surface area contributed by atoms with Crippen molar-refractivity contribution in [2.24, 2.45) is 0 Å². The van der Waals surface area contributed by atoms with Crippen molar-refractivity contribution in [3.8, 4) is 11.6 Å². The molecule has 0 aliphatic carbocycles. The zero-order chi connectivity index (χ0) is 27.9. The van der Waals surface area contributed by atoms with Gasteiger partial charge in [-0.3, -0.25) is 4.79 Å². The first-order chi connectivity index (χ1) is 18.8. The third-order valence-corrected chi connectivity index (χ3v) is 6.28. The molecule has 0 saturated heterocycles. The molecule has 0 spiro atoms. The Balaban J connectivity index is 1.71. The first-order valence-corrected chi connectivity index (χ1v) is 12.5. The van der Waals surface area contributed by atoms with Gasteiger partial charge in [-0.25, -0.2) is 4.98 Å². The van der Waals surface area contributed by atoms with Crippen molar-refractivity contribution in [1.29, 1.82) is 0 Å². The minimum Gasteiger partial charge on any atom is -0.494 e. The Labute approximate surface area is 228 Å². The second-order valence-corrected chi connectivity index (χ2v) is 9.33. The summed E-state index contributed by atoms with van der Waals surface area (Å²) in [7, 11) is 9.30. The van der Waals surface area contributed by atoms with Crippen molar-refractivity contribution in [2.45, 2.75) is 6.61 Å². The molecule has 0 unspecified atom stereocenters. The van der Waals surface area contributed by atoms with Gasteiger partial charge in [-0.2, -0.15) is 4.98 Å². The van der Waals surface area contributed by atoms with E-state index in [0.29, 0.717) is 35.5 Å². The standard InChI is InChI=1S/C29H35N7O3/c1-7-28(37)31-22-16-23(26(39-6)17-25(22)35(4)15-14-34(2)3)32-29-30-13-12-27(33-29)36-18-20(19-38-5)21-10-8-9-11-24(21)36/h7-13,16-18H,1,14-15,19H2,2-6H3,(H,31,37)(H,30,32,33). The van der Waals surface area contributed by atoms with E-state index in [1.54, 1.807) is 20.4 Å². The van der Waals surface area contributed by atoms with Gasteiger partial charge >= 0.3 is 0 Å². The highest BCUT2D eigenvalue weighted by Gasteiger charge is 2.17. The van der Waals surface area contributed by atoms with Crippen LogP contribution in [0.2, 0.25) is 0 Å². The number of anilines is 4. The van der Waals surface area contributed by atoms with Gasteiger partial charge in [0.25, 0.3) is 0 Å². The average molecular weight is 530 g/mol. The highest BCUT2D eigenvalue weighted by molar-refractivity contribution is 6.02. The van der Waals surface area contributed by atoms with Crippen LogP contribution in [0.15, 0.2) is 67.5 Å². The van der Waals surface area contributed by atoms with Crippen molar-refractivity contribution < 1.29 is 14.3 Å². The van der Waals surface area contributed by atoms with Crippen LogP contribution in [0, 0.1) is 0 Å². The number of carbonyl (C=O) groups is 1. The number of fused-ring (bicyclic) bond motifs is 1. The summed E-state index contributed by atoms with van der Waals surface area (Å²) in [6.07, 6.45) is 4.97. The molecule has 0 aliphatic heterocycles. The highest BCUT2D eigenvalue weighted by atomic mass is 16.5. The number of aromatic nitrogens is 3. The number of hydrogen-bond acceptors (Lipinski definition) is 8. The summed E-state index contributed by atoms with van der Waals surface area (Å²) in [4.78, 5) is 25.6. The second kappa shape index (κ2) is 12.4. The number of rotatable bonds is 12. The Hall–Kier alpha value is -4.41. The number of nitrogens with one attached hydrogen (secondary N) is 2. The summed E-state index contributed by atoms with van der Waals surface area (Å²) >= 11 is 0. The van der Waals surface area contributed by atoms with E-state index in [1.165, 1.54) is 6.08 Å². The number of para-hydroxylation sites is 1. The van der Waals surface area contributed by atoms with Crippen LogP contribution < -0.4 is 20.3 Å². The quantitative estimate of drug-likeness (QED) is 0.260. The molecule has 2 aromatic carbocycles. The lowest BCUT2D eigenvalue weighted by Gasteiger charge is -2.26. The molecule has 0 atom stereocenters. The zero-order valence-corrected chi connectivity index (χ0v) is 23.1. The van der Waals surface area contributed by atoms with E-state index >= 15 is 0 Å². The maximum atomic E-state index is 12.3. The number of benzene rings is 2. The molecule has 204 valence electrons. The van der Waals surface area contributed by atoms with E-state index in [1.807, 2.05) is 68.3 Å². The molecule has 2 N–H and O–H groups in total. The number of carbonyl (C=O) groups excluding carboxylic acids is 1. The number of hydrogen-bond donors (Lipinski definition) is 2. The molecule has 4 rings (SSSR count). The van der Waals surface area contributed by atoms with E-state index in [4.69, 9.17) is 14.5 Å². The first kappa shape index (κ1) is 27.6. The zero-order valence-electron chi connectivity index (χ0n) is 23.1. The van der Waals surface area contributed by atoms with Crippen LogP contribution in [-0.4, -0.2) is 73.8 Å². The van der Waals surface area contributed by atoms with Gasteiger partial charge in [-0.1, -0.05) is 24.8 Å². The topological polar surface area (TPSA) is 96.8 Å². The third-order valence-electron chi connectivity index (χ3n) is 6.28. The predicted octanol–water partition coefficient (Wildman–Crippen LogP) is 4.44. The molecule has 39 heavy (non-hydrogen) atoms. The smallest absolute Gasteiger partial charge is 0.247 e. The van der Waals surface area contributed by atoms with Crippen LogP contribution >= 0.6 is 0 Å². The minimum atomic E-state index is -0.307. The normalized spacial score (nSPS) is 11.0. The van der Waals surface area contributed by atoms with Crippen LogP contribution in [0.5, 0.6) is 5.75 Å². The molecule has 0 radical (unpaired) electrons. The first-order valence-electron chi connectivity index (χ1n) is 12.5. The van der Waals surface area contributed by atoms with Crippen molar-refractivity contribution in [2.75, 3.05) is 64.0 Å². The molecule has 10 nitrogen and oxygen atoms in total. The highest BCUT2D eigenvalue weighted by Crippen LogP contribution is 2.38. The fraction of sp³-hybridized carbons (Fsp3) is 0.276. The summed E-state index contributed by atoms with van der Waals surface area (Å²) in [5, 5.41) is 7.29. The molecule has 0 saturated carbocycles. The van der Waals surface area contributed by atoms with Gasteiger partial charge in [-0.05, 0) is 38.4 Å². The summed E-state index contributed by atoms with van der Waals surface area (Å²) < 4.78 is 13.1. The molecule has 1 amide bonds. The molecule has 0 fully saturated rings. The third kappa shape index (κ3) is 6.36. The van der Waals surface area contributed by atoms with E-state index < -0.39 is 0 Å². The number of ether oxygens (including phenoxy) is 2. The van der Waals surface area contributed by atoms with E-state index in [2.05, 4.69) is 38.1 Å². The number of methoxy groups -OCH3 is 2. The fourth-order valence-corrected chi connectivity index (χ4v) is 4.28. The molecular formula is C29H35N7O3. The Morgan fingerprint density at radius 3 is 2.62 bits per heavy atom. The summed E-state index contributed by atoms with van der Waals surface area (Å²) in [5.74, 6) is 1.36. The van der Waals surface area contributed by atoms with E-state index in [0.717, 1.165) is 35.2 Å². The van der Waals surface area contributed by atoms with Crippen LogP contribution in [0.3, 0.4) is 0 Å². The second-order valence-electron chi connectivity index (χ2n) is 9.33. The van der Waals surface area contributed by atoms with Gasteiger partial charge in [0.15, 0.2) is 0 Å². The van der Waals surface area contributed by atoms with Crippen LogP contribution in [0.25, 0.3) is 16.7 Å². The van der Waals surface area contributed by atoms with Gasteiger partial charge in [0.05, 0.1) is 36.3 Å². The maximum absolute atomic E-state index is 12.3. The Bertz CT molecular complexity index is 1460. The molecule has 0 aliphatic rings. The monoisotopic (exact) mass is 529 g/mol. The number of amides is 1. The largest absolute Gasteiger partial charge is 0.494 e. The van der Waals surface area contributed by atoms with Crippen LogP contribution in [0.1, 0.15) is 5.56 Å². The number of nitrogens with zero attached hydrogens (tertiary/aromatic N) is 5. The van der Waals surface area contributed by atoms with Gasteiger partial charge in [0.1, 0.15) is 11.6 Å². The SMILES string of the molecule is C=CC(=O)Nc1cc(Nc2nccc(-n3cc(COC)c4ccccc43)n2)c(OC)cc1N(C)CCN(C)C. The van der Waals surface area contributed by atoms with Gasteiger partial charge in [-0.15, -0.1) is 0 Å². The minimum absolute atomic E-state index is 0.307. The molecule has 0 bridgehead atoms. The van der Waals surface area contributed by atoms with E-state index in [9.17, 15) is 4.79 Å². The Morgan fingerprint density at radius 2 is 1.90 bits per heavy atom. The molecule has 2 heterocycles. The van der Waals surface area contributed by atoms with Crippen molar-refractivity contribution >= 4 is 39.8 Å². The van der Waals surface area contributed by atoms with Gasteiger partial charge < -0.3 is 34.5 Å². The van der Waals surface area contributed by atoms with Crippen LogP contribution in [0.4, 0.5) is 23.0 Å². The number of likely N-dealkylation sites (N-methyl/N-ethyl adjacent to an activating group) is 2. The summed E-state index contributed by atoms with van der Waals surface area (Å²) in [6.45, 7) is 5.67. The van der Waals surface area contributed by atoms with Gasteiger partial charge in [0.2, 0.25) is 11.9 Å². The molecule has 4 aromatic rings. The Morgan fingerprint density at radius 1 is 1.10 bits per heavy atom.